The lowest BCUT2D eigenvalue weighted by atomic mass is 9.77. The van der Waals surface area contributed by atoms with Crippen LogP contribution in [-0.4, -0.2) is 43.5 Å². The number of amides is 1. The van der Waals surface area contributed by atoms with Gasteiger partial charge in [-0.25, -0.2) is 0 Å². The van der Waals surface area contributed by atoms with Crippen molar-refractivity contribution in [2.75, 3.05) is 20.8 Å². The summed E-state index contributed by atoms with van der Waals surface area (Å²) < 4.78 is 17.1. The number of nitrogens with zero attached hydrogens (tertiary/aromatic N) is 1. The highest BCUT2D eigenvalue weighted by molar-refractivity contribution is 6.11. The molecule has 0 aromatic heterocycles. The highest BCUT2D eigenvalue weighted by atomic mass is 16.5. The van der Waals surface area contributed by atoms with Crippen molar-refractivity contribution >= 4 is 11.7 Å². The van der Waals surface area contributed by atoms with Crippen molar-refractivity contribution in [1.29, 1.82) is 0 Å². The van der Waals surface area contributed by atoms with E-state index in [-0.39, 0.29) is 29.5 Å². The fraction of sp³-hybridized carbons (Fsp3) is 0.524. The van der Waals surface area contributed by atoms with Crippen molar-refractivity contribution in [3.63, 3.8) is 0 Å². The Morgan fingerprint density at radius 1 is 1.19 bits per heavy atom. The van der Waals surface area contributed by atoms with E-state index in [1.165, 1.54) is 0 Å². The van der Waals surface area contributed by atoms with Crippen LogP contribution in [0.1, 0.15) is 44.2 Å². The van der Waals surface area contributed by atoms with Crippen molar-refractivity contribution in [1.82, 2.24) is 4.90 Å². The predicted molar refractivity (Wildman–Crippen MR) is 98.5 cm³/mol. The molecule has 1 aromatic carbocycles. The number of ether oxygens (including phenoxy) is 3. The van der Waals surface area contributed by atoms with Gasteiger partial charge in [0.2, 0.25) is 0 Å². The van der Waals surface area contributed by atoms with Crippen LogP contribution in [0.15, 0.2) is 29.5 Å². The van der Waals surface area contributed by atoms with Gasteiger partial charge in [-0.3, -0.25) is 9.59 Å². The summed E-state index contributed by atoms with van der Waals surface area (Å²) >= 11 is 0. The fourth-order valence-electron chi connectivity index (χ4n) is 4.48. The number of likely N-dealkylation sites (N-methyl/N-ethyl adjacent to an activating group) is 1. The van der Waals surface area contributed by atoms with Crippen LogP contribution in [0.4, 0.5) is 0 Å². The topological polar surface area (TPSA) is 65.1 Å². The van der Waals surface area contributed by atoms with Gasteiger partial charge in [-0.05, 0) is 43.9 Å². The first kappa shape index (κ1) is 17.9. The molecule has 0 N–H and O–H groups in total. The van der Waals surface area contributed by atoms with Crippen LogP contribution in [0.2, 0.25) is 0 Å². The van der Waals surface area contributed by atoms with Crippen molar-refractivity contribution < 1.29 is 23.8 Å². The second kappa shape index (κ2) is 6.91. The molecule has 2 aliphatic heterocycles. The quantitative estimate of drug-likeness (QED) is 0.814. The summed E-state index contributed by atoms with van der Waals surface area (Å²) in [5.74, 6) is 1.18. The maximum Gasteiger partial charge on any atom is 0.289 e. The molecule has 6 heteroatoms. The van der Waals surface area contributed by atoms with E-state index in [4.69, 9.17) is 14.2 Å². The third-order valence-electron chi connectivity index (χ3n) is 5.80. The van der Waals surface area contributed by atoms with Gasteiger partial charge in [0.05, 0.1) is 31.2 Å². The smallest absolute Gasteiger partial charge is 0.289 e. The third kappa shape index (κ3) is 2.78. The molecular weight excluding hydrogens is 346 g/mol. The van der Waals surface area contributed by atoms with E-state index >= 15 is 0 Å². The van der Waals surface area contributed by atoms with Crippen molar-refractivity contribution in [2.45, 2.75) is 44.8 Å². The highest BCUT2D eigenvalue weighted by Crippen LogP contribution is 2.47. The van der Waals surface area contributed by atoms with Crippen molar-refractivity contribution in [3.05, 3.63) is 35.1 Å². The van der Waals surface area contributed by atoms with Crippen LogP contribution < -0.4 is 9.47 Å². The zero-order valence-corrected chi connectivity index (χ0v) is 16.0. The van der Waals surface area contributed by atoms with E-state index in [0.29, 0.717) is 23.7 Å². The maximum atomic E-state index is 13.3. The van der Waals surface area contributed by atoms with E-state index in [2.05, 4.69) is 0 Å². The fourth-order valence-corrected chi connectivity index (χ4v) is 4.48. The summed E-state index contributed by atoms with van der Waals surface area (Å²) in [6, 6.07) is 5.10. The number of Topliss-reactive ketones (excluding diaryl/α,β-unsaturated/α-hetero) is 1. The van der Waals surface area contributed by atoms with Crippen LogP contribution in [-0.2, 0) is 14.3 Å². The molecule has 3 aliphatic rings. The summed E-state index contributed by atoms with van der Waals surface area (Å²) in [4.78, 5) is 27.7. The Morgan fingerprint density at radius 2 is 1.96 bits per heavy atom. The van der Waals surface area contributed by atoms with E-state index in [9.17, 15) is 9.59 Å². The second-order valence-corrected chi connectivity index (χ2v) is 7.32. The van der Waals surface area contributed by atoms with Gasteiger partial charge < -0.3 is 19.1 Å². The lowest BCUT2D eigenvalue weighted by Crippen LogP contribution is -2.39. The first-order valence-corrected chi connectivity index (χ1v) is 9.59. The largest absolute Gasteiger partial charge is 0.493 e. The Bertz CT molecular complexity index is 815. The number of carbonyl (C=O) groups is 2. The zero-order chi connectivity index (χ0) is 19.1. The number of rotatable bonds is 4. The Balaban J connectivity index is 1.75. The maximum absolute atomic E-state index is 13.3. The minimum Gasteiger partial charge on any atom is -0.493 e. The third-order valence-corrected chi connectivity index (χ3v) is 5.80. The molecule has 27 heavy (non-hydrogen) atoms. The van der Waals surface area contributed by atoms with Gasteiger partial charge in [0.1, 0.15) is 6.10 Å². The van der Waals surface area contributed by atoms with Crippen LogP contribution >= 0.6 is 0 Å². The first-order chi connectivity index (χ1) is 13.1. The molecule has 2 heterocycles. The lowest BCUT2D eigenvalue weighted by molar-refractivity contribution is -0.134. The molecule has 1 saturated carbocycles. The molecule has 0 radical (unpaired) electrons. The Morgan fingerprint density at radius 3 is 2.70 bits per heavy atom. The lowest BCUT2D eigenvalue weighted by Gasteiger charge is -2.35. The molecule has 6 nitrogen and oxygen atoms in total. The molecular formula is C21H25NO5. The average Bonchev–Trinajstić information content (AvgIpc) is 2.94. The molecule has 1 aliphatic carbocycles. The highest BCUT2D eigenvalue weighted by Gasteiger charge is 2.50. The predicted octanol–water partition coefficient (Wildman–Crippen LogP) is 3.02. The number of fused-ring (bicyclic) bond motifs is 1. The molecule has 144 valence electrons. The van der Waals surface area contributed by atoms with Crippen LogP contribution in [0.25, 0.3) is 0 Å². The summed E-state index contributed by atoms with van der Waals surface area (Å²) in [6.07, 6.45) is 3.59. The molecule has 3 atom stereocenters. The number of carbonyl (C=O) groups excluding carboxylic acids is 2. The minimum absolute atomic E-state index is 0.0662. The molecule has 0 saturated heterocycles. The van der Waals surface area contributed by atoms with Crippen molar-refractivity contribution in [2.24, 2.45) is 5.92 Å². The molecule has 4 rings (SSSR count). The Hall–Kier alpha value is -2.50. The average molecular weight is 371 g/mol. The summed E-state index contributed by atoms with van der Waals surface area (Å²) in [5.41, 5.74) is 1.32. The number of hydrogen-bond donors (Lipinski definition) is 0. The van der Waals surface area contributed by atoms with E-state index in [0.717, 1.165) is 31.2 Å². The van der Waals surface area contributed by atoms with Gasteiger partial charge in [-0.15, -0.1) is 0 Å². The van der Waals surface area contributed by atoms with Gasteiger partial charge in [0.15, 0.2) is 23.0 Å². The molecule has 1 amide bonds. The monoisotopic (exact) mass is 371 g/mol. The molecule has 3 unspecified atom stereocenters. The molecule has 0 bridgehead atoms. The molecule has 1 aromatic rings. The van der Waals surface area contributed by atoms with Crippen LogP contribution in [0, 0.1) is 5.92 Å². The molecule has 0 spiro atoms. The minimum atomic E-state index is -0.451. The Kier molecular flexibility index (Phi) is 4.58. The first-order valence-electron chi connectivity index (χ1n) is 9.59. The second-order valence-electron chi connectivity index (χ2n) is 7.32. The van der Waals surface area contributed by atoms with Gasteiger partial charge >= 0.3 is 0 Å². The number of ketones is 1. The SMILES string of the molecule is CCOc1ccc(C2C3=C(OC4CCCCC4C3=O)C(=O)N2C)cc1OC. The van der Waals surface area contributed by atoms with E-state index < -0.39 is 6.04 Å². The number of hydrogen-bond acceptors (Lipinski definition) is 5. The summed E-state index contributed by atoms with van der Waals surface area (Å²) in [7, 11) is 3.30. The summed E-state index contributed by atoms with van der Waals surface area (Å²) in [6.45, 7) is 2.44. The number of benzene rings is 1. The summed E-state index contributed by atoms with van der Waals surface area (Å²) in [5, 5.41) is 0. The standard InChI is InChI=1S/C21H25NO5/c1-4-26-15-10-9-12(11-16(15)25-3)18-17-19(23)13-7-5-6-8-14(13)27-20(17)21(24)22(18)2/h9-11,13-14,18H,4-8H2,1-3H3. The molecule has 1 fully saturated rings. The van der Waals surface area contributed by atoms with E-state index in [1.54, 1.807) is 19.1 Å². The zero-order valence-electron chi connectivity index (χ0n) is 16.0. The Labute approximate surface area is 159 Å². The van der Waals surface area contributed by atoms with Gasteiger partial charge in [-0.2, -0.15) is 0 Å². The van der Waals surface area contributed by atoms with Crippen molar-refractivity contribution in [3.8, 4) is 11.5 Å². The van der Waals surface area contributed by atoms with Crippen LogP contribution in [0.5, 0.6) is 11.5 Å². The normalized spacial score (nSPS) is 27.2. The van der Waals surface area contributed by atoms with E-state index in [1.807, 2.05) is 25.1 Å². The van der Waals surface area contributed by atoms with Gasteiger partial charge in [0, 0.05) is 7.05 Å². The van der Waals surface area contributed by atoms with Gasteiger partial charge in [0.25, 0.3) is 5.91 Å². The number of methoxy groups -OCH3 is 1. The van der Waals surface area contributed by atoms with Gasteiger partial charge in [-0.1, -0.05) is 12.5 Å². The van der Waals surface area contributed by atoms with Crippen LogP contribution in [0.3, 0.4) is 0 Å².